The van der Waals surface area contributed by atoms with E-state index in [4.69, 9.17) is 18.6 Å². The molecule has 0 amide bonds. The second-order valence-electron chi connectivity index (χ2n) is 9.70. The van der Waals surface area contributed by atoms with Crippen molar-refractivity contribution < 1.29 is 18.6 Å². The molecule has 0 spiro atoms. The third kappa shape index (κ3) is 5.38. The maximum Gasteiger partial charge on any atom is 0.192 e. The Labute approximate surface area is 173 Å². The Morgan fingerprint density at radius 1 is 1.18 bits per heavy atom. The summed E-state index contributed by atoms with van der Waals surface area (Å²) in [5.74, 6) is 1.48. The molecule has 0 aromatic heterocycles. The molecule has 2 rings (SSSR count). The van der Waals surface area contributed by atoms with E-state index in [1.165, 1.54) is 0 Å². The molecule has 0 unspecified atom stereocenters. The zero-order valence-corrected chi connectivity index (χ0v) is 20.2. The average Bonchev–Trinajstić information content (AvgIpc) is 2.65. The summed E-state index contributed by atoms with van der Waals surface area (Å²) in [6.07, 6.45) is 0.965. The molecule has 1 aliphatic heterocycles. The van der Waals surface area contributed by atoms with E-state index in [2.05, 4.69) is 54.6 Å². The Balaban J connectivity index is 2.13. The Morgan fingerprint density at radius 2 is 1.79 bits per heavy atom. The van der Waals surface area contributed by atoms with Crippen LogP contribution in [0.25, 0.3) is 0 Å². The maximum atomic E-state index is 6.79. The van der Waals surface area contributed by atoms with Gasteiger partial charge in [-0.05, 0) is 36.7 Å². The van der Waals surface area contributed by atoms with Gasteiger partial charge in [0.25, 0.3) is 0 Å². The standard InChI is InChI=1S/C23H40O4Si/c1-10-20(27-28(8,9)23(4,5)6)17(3)21-16(2)15-25-22(26-21)18-11-13-19(24-7)14-12-18/h11-14,16-17,20-22H,10,15H2,1-9H3/t16-,17+,20-,21-,22-/m1/s1. The van der Waals surface area contributed by atoms with Crippen LogP contribution in [0, 0.1) is 11.8 Å². The predicted molar refractivity (Wildman–Crippen MR) is 117 cm³/mol. The van der Waals surface area contributed by atoms with Crippen molar-refractivity contribution in [3.05, 3.63) is 29.8 Å². The van der Waals surface area contributed by atoms with E-state index < -0.39 is 8.32 Å². The van der Waals surface area contributed by atoms with Gasteiger partial charge in [0.2, 0.25) is 0 Å². The van der Waals surface area contributed by atoms with E-state index in [0.717, 1.165) is 17.7 Å². The lowest BCUT2D eigenvalue weighted by Crippen LogP contribution is -2.49. The van der Waals surface area contributed by atoms with Crippen LogP contribution in [0.2, 0.25) is 18.1 Å². The van der Waals surface area contributed by atoms with Gasteiger partial charge in [0.1, 0.15) is 5.75 Å². The van der Waals surface area contributed by atoms with Gasteiger partial charge in [0, 0.05) is 23.5 Å². The minimum Gasteiger partial charge on any atom is -0.497 e. The molecule has 1 aromatic rings. The lowest BCUT2D eigenvalue weighted by Gasteiger charge is -2.45. The van der Waals surface area contributed by atoms with Gasteiger partial charge in [-0.2, -0.15) is 0 Å². The van der Waals surface area contributed by atoms with Crippen molar-refractivity contribution in [3.8, 4) is 5.75 Å². The Bertz CT molecular complexity index is 608. The van der Waals surface area contributed by atoms with Crippen molar-refractivity contribution in [2.45, 2.75) is 84.6 Å². The van der Waals surface area contributed by atoms with Crippen LogP contribution in [0.15, 0.2) is 24.3 Å². The molecule has 0 aliphatic carbocycles. The molecule has 0 bridgehead atoms. The van der Waals surface area contributed by atoms with Crippen LogP contribution >= 0.6 is 0 Å². The smallest absolute Gasteiger partial charge is 0.192 e. The zero-order valence-electron chi connectivity index (χ0n) is 19.2. The summed E-state index contributed by atoms with van der Waals surface area (Å²) in [6.45, 7) is 19.0. The van der Waals surface area contributed by atoms with Gasteiger partial charge in [0.15, 0.2) is 14.6 Å². The van der Waals surface area contributed by atoms with Crippen molar-refractivity contribution in [3.63, 3.8) is 0 Å². The summed E-state index contributed by atoms with van der Waals surface area (Å²) in [6, 6.07) is 7.94. The molecule has 1 saturated heterocycles. The third-order valence-electron chi connectivity index (χ3n) is 6.50. The highest BCUT2D eigenvalue weighted by Crippen LogP contribution is 2.41. The molecule has 0 N–H and O–H groups in total. The van der Waals surface area contributed by atoms with Gasteiger partial charge in [-0.25, -0.2) is 0 Å². The van der Waals surface area contributed by atoms with Crippen molar-refractivity contribution in [2.75, 3.05) is 13.7 Å². The second-order valence-corrected chi connectivity index (χ2v) is 14.5. The average molecular weight is 409 g/mol. The largest absolute Gasteiger partial charge is 0.497 e. The van der Waals surface area contributed by atoms with E-state index in [-0.39, 0.29) is 23.5 Å². The van der Waals surface area contributed by atoms with Crippen LogP contribution in [-0.2, 0) is 13.9 Å². The fraction of sp³-hybridized carbons (Fsp3) is 0.739. The van der Waals surface area contributed by atoms with Crippen molar-refractivity contribution in [2.24, 2.45) is 11.8 Å². The fourth-order valence-electron chi connectivity index (χ4n) is 3.56. The van der Waals surface area contributed by atoms with Gasteiger partial charge in [-0.15, -0.1) is 0 Å². The first kappa shape index (κ1) is 23.4. The van der Waals surface area contributed by atoms with Crippen LogP contribution in [0.4, 0.5) is 0 Å². The molecular formula is C23H40O4Si. The molecule has 0 radical (unpaired) electrons. The van der Waals surface area contributed by atoms with Gasteiger partial charge in [-0.1, -0.05) is 53.7 Å². The summed E-state index contributed by atoms with van der Waals surface area (Å²) in [4.78, 5) is 0. The normalized spacial score (nSPS) is 26.0. The number of methoxy groups -OCH3 is 1. The number of benzene rings is 1. The Morgan fingerprint density at radius 3 is 2.29 bits per heavy atom. The van der Waals surface area contributed by atoms with Crippen LogP contribution in [0.5, 0.6) is 5.75 Å². The highest BCUT2D eigenvalue weighted by molar-refractivity contribution is 6.74. The SMILES string of the molecule is CC[C@@H](O[Si](C)(C)C(C)(C)C)[C@H](C)[C@@H]1O[C@H](c2ccc(OC)cc2)OC[C@H]1C. The molecular weight excluding hydrogens is 368 g/mol. The highest BCUT2D eigenvalue weighted by atomic mass is 28.4. The molecule has 5 heteroatoms. The maximum absolute atomic E-state index is 6.79. The topological polar surface area (TPSA) is 36.9 Å². The van der Waals surface area contributed by atoms with E-state index in [1.54, 1.807) is 7.11 Å². The van der Waals surface area contributed by atoms with Crippen LogP contribution in [-0.4, -0.2) is 34.2 Å². The highest BCUT2D eigenvalue weighted by Gasteiger charge is 2.43. The van der Waals surface area contributed by atoms with Gasteiger partial charge in [-0.3, -0.25) is 0 Å². The summed E-state index contributed by atoms with van der Waals surface area (Å²) in [7, 11) is -0.154. The van der Waals surface area contributed by atoms with Gasteiger partial charge >= 0.3 is 0 Å². The molecule has 4 nitrogen and oxygen atoms in total. The number of rotatable bonds is 7. The first-order valence-electron chi connectivity index (χ1n) is 10.6. The quantitative estimate of drug-likeness (QED) is 0.505. The predicted octanol–water partition coefficient (Wildman–Crippen LogP) is 6.18. The number of ether oxygens (including phenoxy) is 3. The molecule has 0 saturated carbocycles. The first-order chi connectivity index (χ1) is 13.0. The molecule has 1 aromatic carbocycles. The van der Waals surface area contributed by atoms with Gasteiger partial charge in [0.05, 0.1) is 19.8 Å². The molecule has 1 fully saturated rings. The van der Waals surface area contributed by atoms with Crippen molar-refractivity contribution in [1.82, 2.24) is 0 Å². The van der Waals surface area contributed by atoms with Crippen molar-refractivity contribution in [1.29, 1.82) is 0 Å². The summed E-state index contributed by atoms with van der Waals surface area (Å²) in [5, 5.41) is 0.202. The minimum absolute atomic E-state index is 0.107. The van der Waals surface area contributed by atoms with Crippen molar-refractivity contribution >= 4 is 8.32 Å². The van der Waals surface area contributed by atoms with E-state index in [1.807, 2.05) is 24.3 Å². The Hall–Kier alpha value is -0.883. The zero-order chi connectivity index (χ0) is 21.1. The summed E-state index contributed by atoms with van der Waals surface area (Å²) >= 11 is 0. The van der Waals surface area contributed by atoms with Crippen LogP contribution < -0.4 is 4.74 Å². The molecule has 1 heterocycles. The molecule has 5 atom stereocenters. The summed E-state index contributed by atoms with van der Waals surface area (Å²) in [5.41, 5.74) is 1.03. The van der Waals surface area contributed by atoms with Gasteiger partial charge < -0.3 is 18.6 Å². The van der Waals surface area contributed by atoms with E-state index in [0.29, 0.717) is 18.4 Å². The lowest BCUT2D eigenvalue weighted by molar-refractivity contribution is -0.255. The van der Waals surface area contributed by atoms with E-state index in [9.17, 15) is 0 Å². The molecule has 160 valence electrons. The fourth-order valence-corrected chi connectivity index (χ4v) is 5.05. The monoisotopic (exact) mass is 408 g/mol. The third-order valence-corrected chi connectivity index (χ3v) is 11.0. The first-order valence-corrected chi connectivity index (χ1v) is 13.5. The number of hydrogen-bond acceptors (Lipinski definition) is 4. The Kier molecular flexibility index (Phi) is 7.76. The minimum atomic E-state index is -1.83. The molecule has 1 aliphatic rings. The number of hydrogen-bond donors (Lipinski definition) is 0. The summed E-state index contributed by atoms with van der Waals surface area (Å²) < 4.78 is 24.5. The van der Waals surface area contributed by atoms with E-state index >= 15 is 0 Å². The second kappa shape index (κ2) is 9.29. The van der Waals surface area contributed by atoms with Crippen LogP contribution in [0.3, 0.4) is 0 Å². The van der Waals surface area contributed by atoms with Crippen LogP contribution in [0.1, 0.15) is 59.8 Å². The molecule has 28 heavy (non-hydrogen) atoms. The lowest BCUT2D eigenvalue weighted by atomic mass is 9.87.